The molecule has 4 nitrogen and oxygen atoms in total. The second-order valence-corrected chi connectivity index (χ2v) is 4.39. The molecule has 2 rings (SSSR count). The number of hydrogen-bond donors (Lipinski definition) is 1. The average molecular weight is 293 g/mol. The van der Waals surface area contributed by atoms with Crippen molar-refractivity contribution in [1.82, 2.24) is 14.6 Å². The summed E-state index contributed by atoms with van der Waals surface area (Å²) in [6, 6.07) is 1.51. The molecule has 2 heterocycles. The maximum Gasteiger partial charge on any atom is 0.389 e. The number of nitrogens with one attached hydrogen (secondary N) is 1. The van der Waals surface area contributed by atoms with Crippen LogP contribution in [0, 0.1) is 0 Å². The minimum atomic E-state index is -4.21. The summed E-state index contributed by atoms with van der Waals surface area (Å²) >= 11 is 5.76. The summed E-state index contributed by atoms with van der Waals surface area (Å²) in [5.41, 5.74) is 1.40. The molecule has 0 saturated carbocycles. The Labute approximate surface area is 112 Å². The van der Waals surface area contributed by atoms with Gasteiger partial charge in [0.05, 0.1) is 17.6 Å². The van der Waals surface area contributed by atoms with Crippen molar-refractivity contribution < 1.29 is 13.2 Å². The molecule has 1 N–H and O–H groups in total. The third kappa shape index (κ3) is 3.28. The zero-order valence-corrected chi connectivity index (χ0v) is 10.9. The molecule has 0 saturated heterocycles. The largest absolute Gasteiger partial charge is 0.389 e. The Hall–Kier alpha value is -1.50. The molecule has 19 heavy (non-hydrogen) atoms. The molecule has 0 aliphatic carbocycles. The van der Waals surface area contributed by atoms with Crippen molar-refractivity contribution in [3.63, 3.8) is 0 Å². The van der Waals surface area contributed by atoms with Gasteiger partial charge in [0.25, 0.3) is 0 Å². The second kappa shape index (κ2) is 5.24. The predicted molar refractivity (Wildman–Crippen MR) is 66.5 cm³/mol. The number of alkyl halides is 3. The molecule has 0 bridgehead atoms. The molecule has 0 fully saturated rings. The van der Waals surface area contributed by atoms with Gasteiger partial charge in [-0.3, -0.25) is 0 Å². The van der Waals surface area contributed by atoms with Gasteiger partial charge in [0, 0.05) is 25.5 Å². The fraction of sp³-hybridized carbons (Fsp3) is 0.455. The third-order valence-electron chi connectivity index (χ3n) is 2.57. The maximum absolute atomic E-state index is 12.4. The first-order chi connectivity index (χ1) is 8.90. The molecule has 0 unspecified atom stereocenters. The molecule has 0 spiro atoms. The number of hydrogen-bond acceptors (Lipinski definition) is 3. The summed E-state index contributed by atoms with van der Waals surface area (Å²) in [5, 5.41) is 7.15. The van der Waals surface area contributed by atoms with Crippen molar-refractivity contribution in [2.75, 3.05) is 11.9 Å². The van der Waals surface area contributed by atoms with Gasteiger partial charge >= 0.3 is 6.18 Å². The van der Waals surface area contributed by atoms with Crippen LogP contribution in [0.25, 0.3) is 5.65 Å². The van der Waals surface area contributed by atoms with E-state index < -0.39 is 12.6 Å². The van der Waals surface area contributed by atoms with Gasteiger partial charge in [-0.2, -0.15) is 18.3 Å². The zero-order valence-electron chi connectivity index (χ0n) is 10.1. The van der Waals surface area contributed by atoms with Crippen LogP contribution in [0.1, 0.15) is 19.0 Å². The Morgan fingerprint density at radius 2 is 2.16 bits per heavy atom. The normalized spacial score (nSPS) is 12.1. The lowest BCUT2D eigenvalue weighted by Crippen LogP contribution is -2.13. The first-order valence-corrected chi connectivity index (χ1v) is 6.12. The molecule has 2 aromatic rings. The summed E-state index contributed by atoms with van der Waals surface area (Å²) in [5.74, 6) is 0. The summed E-state index contributed by atoms with van der Waals surface area (Å²) < 4.78 is 38.5. The van der Waals surface area contributed by atoms with E-state index in [1.807, 2.05) is 6.92 Å². The van der Waals surface area contributed by atoms with E-state index in [2.05, 4.69) is 15.4 Å². The monoisotopic (exact) mass is 292 g/mol. The van der Waals surface area contributed by atoms with Gasteiger partial charge in [-0.05, 0) is 6.92 Å². The van der Waals surface area contributed by atoms with Crippen LogP contribution in [0.15, 0.2) is 12.3 Å². The van der Waals surface area contributed by atoms with Crippen LogP contribution < -0.4 is 5.32 Å². The highest BCUT2D eigenvalue weighted by molar-refractivity contribution is 6.29. The highest BCUT2D eigenvalue weighted by Gasteiger charge is 2.28. The lowest BCUT2D eigenvalue weighted by atomic mass is 10.2. The van der Waals surface area contributed by atoms with E-state index in [9.17, 15) is 13.2 Å². The third-order valence-corrected chi connectivity index (χ3v) is 2.75. The standard InChI is InChI=1S/C11H12ClF3N4/c1-2-16-7-6-17-10-5-9(12)18-19(10)8(7)3-4-11(13,14)15/h5-6,16H,2-4H2,1H3. The van der Waals surface area contributed by atoms with Crippen LogP contribution in [0.2, 0.25) is 5.15 Å². The number of fused-ring (bicyclic) bond motifs is 1. The Bertz CT molecular complexity index is 579. The smallest absolute Gasteiger partial charge is 0.383 e. The van der Waals surface area contributed by atoms with Gasteiger partial charge in [0.2, 0.25) is 0 Å². The fourth-order valence-electron chi connectivity index (χ4n) is 1.79. The summed E-state index contributed by atoms with van der Waals surface area (Å²) in [6.07, 6.45) is -3.80. The van der Waals surface area contributed by atoms with Crippen LogP contribution in [0.3, 0.4) is 0 Å². The highest BCUT2D eigenvalue weighted by Crippen LogP contribution is 2.26. The maximum atomic E-state index is 12.4. The Morgan fingerprint density at radius 1 is 1.42 bits per heavy atom. The molecule has 8 heteroatoms. The van der Waals surface area contributed by atoms with Crippen molar-refractivity contribution in [1.29, 1.82) is 0 Å². The van der Waals surface area contributed by atoms with Gasteiger partial charge < -0.3 is 5.32 Å². The Balaban J connectivity index is 2.43. The molecule has 0 aliphatic heterocycles. The molecular weight excluding hydrogens is 281 g/mol. The van der Waals surface area contributed by atoms with Crippen LogP contribution in [0.5, 0.6) is 0 Å². The van der Waals surface area contributed by atoms with E-state index in [1.54, 1.807) is 0 Å². The molecule has 104 valence electrons. The van der Waals surface area contributed by atoms with Crippen molar-refractivity contribution in [2.24, 2.45) is 0 Å². The summed E-state index contributed by atoms with van der Waals surface area (Å²) in [4.78, 5) is 4.10. The zero-order chi connectivity index (χ0) is 14.0. The van der Waals surface area contributed by atoms with Crippen LogP contribution in [-0.4, -0.2) is 27.3 Å². The Morgan fingerprint density at radius 3 is 2.79 bits per heavy atom. The lowest BCUT2D eigenvalue weighted by Gasteiger charge is -2.13. The quantitative estimate of drug-likeness (QED) is 0.940. The van der Waals surface area contributed by atoms with Crippen molar-refractivity contribution in [3.8, 4) is 0 Å². The van der Waals surface area contributed by atoms with E-state index in [4.69, 9.17) is 11.6 Å². The number of nitrogens with zero attached hydrogens (tertiary/aromatic N) is 3. The first-order valence-electron chi connectivity index (χ1n) is 5.74. The van der Waals surface area contributed by atoms with Gasteiger partial charge in [-0.1, -0.05) is 11.6 Å². The predicted octanol–water partition coefficient (Wildman–Crippen LogP) is 3.31. The van der Waals surface area contributed by atoms with Crippen molar-refractivity contribution in [2.45, 2.75) is 25.9 Å². The topological polar surface area (TPSA) is 42.2 Å². The van der Waals surface area contributed by atoms with Crippen LogP contribution in [-0.2, 0) is 6.42 Å². The van der Waals surface area contributed by atoms with Gasteiger partial charge in [-0.25, -0.2) is 9.50 Å². The van der Waals surface area contributed by atoms with Crippen molar-refractivity contribution >= 4 is 22.9 Å². The molecule has 0 aliphatic rings. The number of anilines is 1. The highest BCUT2D eigenvalue weighted by atomic mass is 35.5. The minimum Gasteiger partial charge on any atom is -0.383 e. The van der Waals surface area contributed by atoms with Gasteiger partial charge in [-0.15, -0.1) is 0 Å². The first kappa shape index (κ1) is 13.9. The summed E-state index contributed by atoms with van der Waals surface area (Å²) in [6.45, 7) is 2.44. The van der Waals surface area contributed by atoms with E-state index in [-0.39, 0.29) is 11.6 Å². The number of halogens is 4. The van der Waals surface area contributed by atoms with E-state index in [0.29, 0.717) is 23.6 Å². The van der Waals surface area contributed by atoms with Crippen LogP contribution >= 0.6 is 11.6 Å². The molecule has 2 aromatic heterocycles. The number of aromatic nitrogens is 3. The van der Waals surface area contributed by atoms with E-state index in [0.717, 1.165) is 0 Å². The Kier molecular flexibility index (Phi) is 3.84. The molecule has 0 atom stereocenters. The second-order valence-electron chi connectivity index (χ2n) is 4.00. The number of rotatable bonds is 4. The molecule has 0 aromatic carbocycles. The molecule has 0 radical (unpaired) electrons. The van der Waals surface area contributed by atoms with E-state index in [1.165, 1.54) is 16.8 Å². The SMILES string of the molecule is CCNc1cnc2cc(Cl)nn2c1CCC(F)(F)F. The van der Waals surface area contributed by atoms with Crippen LogP contribution in [0.4, 0.5) is 18.9 Å². The van der Waals surface area contributed by atoms with Gasteiger partial charge in [0.1, 0.15) is 0 Å². The van der Waals surface area contributed by atoms with Gasteiger partial charge in [0.15, 0.2) is 10.8 Å². The average Bonchev–Trinajstić information content (AvgIpc) is 2.67. The molecular formula is C11H12ClF3N4. The fourth-order valence-corrected chi connectivity index (χ4v) is 1.97. The van der Waals surface area contributed by atoms with Crippen molar-refractivity contribution in [3.05, 3.63) is 23.1 Å². The molecule has 0 amide bonds. The van der Waals surface area contributed by atoms with E-state index >= 15 is 0 Å². The number of aryl methyl sites for hydroxylation is 1. The lowest BCUT2D eigenvalue weighted by molar-refractivity contribution is -0.134. The summed E-state index contributed by atoms with van der Waals surface area (Å²) in [7, 11) is 0. The minimum absolute atomic E-state index is 0.178.